The minimum Gasteiger partial charge on any atom is -0.364 e. The van der Waals surface area contributed by atoms with Crippen molar-refractivity contribution in [2.24, 2.45) is 5.73 Å². The second-order valence-corrected chi connectivity index (χ2v) is 5.37. The van der Waals surface area contributed by atoms with E-state index in [-0.39, 0.29) is 0 Å². The number of hydrogen-bond acceptors (Lipinski definition) is 3. The van der Waals surface area contributed by atoms with Crippen LogP contribution in [0.4, 0.5) is 11.4 Å². The van der Waals surface area contributed by atoms with Crippen molar-refractivity contribution in [2.45, 2.75) is 27.3 Å². The van der Waals surface area contributed by atoms with Crippen molar-refractivity contribution >= 4 is 34.6 Å². The first-order chi connectivity index (χ1) is 10.4. The van der Waals surface area contributed by atoms with Crippen LogP contribution < -0.4 is 16.4 Å². The average Bonchev–Trinajstić information content (AvgIpc) is 2.85. The highest BCUT2D eigenvalue weighted by atomic mass is 32.1. The molecule has 0 spiro atoms. The maximum Gasteiger partial charge on any atom is 0.269 e. The van der Waals surface area contributed by atoms with E-state index >= 15 is 0 Å². The predicted octanol–water partition coefficient (Wildman–Crippen LogP) is 2.43. The summed E-state index contributed by atoms with van der Waals surface area (Å²) >= 11 is 5.27. The first-order valence-electron chi connectivity index (χ1n) is 6.93. The lowest BCUT2D eigenvalue weighted by Gasteiger charge is -2.12. The topological polar surface area (TPSA) is 85.0 Å². The third kappa shape index (κ3) is 3.43. The molecule has 1 amide bonds. The molecule has 1 heterocycles. The van der Waals surface area contributed by atoms with Gasteiger partial charge in [0.1, 0.15) is 5.69 Å². The molecule has 1 aromatic heterocycles. The number of primary amides is 1. The standard InChI is InChI=1S/C15H19N5OS/c1-4-20-13(14(16)21)12(8-17-20)19-15(22)18-11-6-5-9(2)10(3)7-11/h5-8H,4H2,1-3H3,(H2,16,21)(H2,18,19,22). The molecule has 22 heavy (non-hydrogen) atoms. The Bertz CT molecular complexity index is 723. The van der Waals surface area contributed by atoms with Crippen LogP contribution in [0.5, 0.6) is 0 Å². The van der Waals surface area contributed by atoms with Crippen molar-refractivity contribution < 1.29 is 4.79 Å². The van der Waals surface area contributed by atoms with Crippen molar-refractivity contribution in [3.63, 3.8) is 0 Å². The highest BCUT2D eigenvalue weighted by molar-refractivity contribution is 7.80. The Morgan fingerprint density at radius 3 is 2.64 bits per heavy atom. The number of amides is 1. The minimum absolute atomic E-state index is 0.312. The molecule has 0 unspecified atom stereocenters. The van der Waals surface area contributed by atoms with Gasteiger partial charge in [-0.1, -0.05) is 6.07 Å². The van der Waals surface area contributed by atoms with Crippen molar-refractivity contribution in [3.05, 3.63) is 41.2 Å². The Kier molecular flexibility index (Phi) is 4.77. The SMILES string of the molecule is CCn1ncc(NC(=S)Nc2ccc(C)c(C)c2)c1C(N)=O. The summed E-state index contributed by atoms with van der Waals surface area (Å²) in [5.74, 6) is -0.546. The Morgan fingerprint density at radius 1 is 1.32 bits per heavy atom. The van der Waals surface area contributed by atoms with Crippen molar-refractivity contribution in [2.75, 3.05) is 10.6 Å². The number of anilines is 2. The van der Waals surface area contributed by atoms with Gasteiger partial charge in [-0.15, -0.1) is 0 Å². The molecule has 0 bridgehead atoms. The zero-order chi connectivity index (χ0) is 16.3. The fourth-order valence-electron chi connectivity index (χ4n) is 2.08. The van der Waals surface area contributed by atoms with E-state index in [2.05, 4.69) is 15.7 Å². The van der Waals surface area contributed by atoms with Gasteiger partial charge in [0.2, 0.25) is 0 Å². The highest BCUT2D eigenvalue weighted by Crippen LogP contribution is 2.17. The zero-order valence-electron chi connectivity index (χ0n) is 12.8. The van der Waals surface area contributed by atoms with E-state index in [1.165, 1.54) is 22.0 Å². The summed E-state index contributed by atoms with van der Waals surface area (Å²) in [4.78, 5) is 11.5. The number of aryl methyl sites for hydroxylation is 3. The summed E-state index contributed by atoms with van der Waals surface area (Å²) in [7, 11) is 0. The average molecular weight is 317 g/mol. The Balaban J connectivity index is 2.14. The summed E-state index contributed by atoms with van der Waals surface area (Å²) < 4.78 is 1.53. The van der Waals surface area contributed by atoms with Crippen molar-refractivity contribution in [1.82, 2.24) is 9.78 Å². The Labute approximate surface area is 134 Å². The van der Waals surface area contributed by atoms with Gasteiger partial charge in [-0.2, -0.15) is 5.10 Å². The van der Waals surface area contributed by atoms with Crippen LogP contribution >= 0.6 is 12.2 Å². The number of hydrogen-bond donors (Lipinski definition) is 3. The van der Waals surface area contributed by atoms with Gasteiger partial charge in [0, 0.05) is 12.2 Å². The second-order valence-electron chi connectivity index (χ2n) is 4.97. The monoisotopic (exact) mass is 317 g/mol. The summed E-state index contributed by atoms with van der Waals surface area (Å²) in [5.41, 5.74) is 9.47. The van der Waals surface area contributed by atoms with Gasteiger partial charge in [-0.05, 0) is 56.2 Å². The molecule has 2 rings (SSSR count). The van der Waals surface area contributed by atoms with Crippen LogP contribution in [0.1, 0.15) is 28.5 Å². The minimum atomic E-state index is -0.546. The number of nitrogens with one attached hydrogen (secondary N) is 2. The molecule has 6 nitrogen and oxygen atoms in total. The number of carbonyl (C=O) groups excluding carboxylic acids is 1. The predicted molar refractivity (Wildman–Crippen MR) is 92.2 cm³/mol. The van der Waals surface area contributed by atoms with Gasteiger partial charge in [0.05, 0.1) is 11.9 Å². The number of rotatable bonds is 4. The van der Waals surface area contributed by atoms with Gasteiger partial charge in [0.15, 0.2) is 5.11 Å². The molecular weight excluding hydrogens is 298 g/mol. The maximum atomic E-state index is 11.5. The lowest BCUT2D eigenvalue weighted by Crippen LogP contribution is -2.23. The molecule has 0 saturated heterocycles. The second kappa shape index (κ2) is 6.57. The van der Waals surface area contributed by atoms with Gasteiger partial charge >= 0.3 is 0 Å². The Hall–Kier alpha value is -2.41. The zero-order valence-corrected chi connectivity index (χ0v) is 13.6. The van der Waals surface area contributed by atoms with Crippen LogP contribution in [0.2, 0.25) is 0 Å². The number of carbonyl (C=O) groups is 1. The number of nitrogens with two attached hydrogens (primary N) is 1. The largest absolute Gasteiger partial charge is 0.364 e. The molecule has 0 aliphatic heterocycles. The molecule has 0 atom stereocenters. The van der Waals surface area contributed by atoms with Crippen LogP contribution in [-0.4, -0.2) is 20.8 Å². The third-order valence-electron chi connectivity index (χ3n) is 3.39. The molecule has 0 saturated carbocycles. The summed E-state index contributed by atoms with van der Waals surface area (Å²) in [6.45, 7) is 6.52. The van der Waals surface area contributed by atoms with Crippen LogP contribution in [0.15, 0.2) is 24.4 Å². The van der Waals surface area contributed by atoms with E-state index in [9.17, 15) is 4.79 Å². The lowest BCUT2D eigenvalue weighted by molar-refractivity contribution is 0.0991. The fourth-order valence-corrected chi connectivity index (χ4v) is 2.31. The van der Waals surface area contributed by atoms with Gasteiger partial charge < -0.3 is 16.4 Å². The van der Waals surface area contributed by atoms with Crippen molar-refractivity contribution in [1.29, 1.82) is 0 Å². The van der Waals surface area contributed by atoms with Crippen LogP contribution in [0, 0.1) is 13.8 Å². The summed E-state index contributed by atoms with van der Waals surface area (Å²) in [6.07, 6.45) is 1.54. The molecule has 0 aliphatic carbocycles. The third-order valence-corrected chi connectivity index (χ3v) is 3.59. The first kappa shape index (κ1) is 16.0. The number of aromatic nitrogens is 2. The number of nitrogens with zero attached hydrogens (tertiary/aromatic N) is 2. The van der Waals surface area contributed by atoms with Gasteiger partial charge in [-0.3, -0.25) is 9.48 Å². The van der Waals surface area contributed by atoms with E-state index < -0.39 is 5.91 Å². The van der Waals surface area contributed by atoms with Crippen LogP contribution in [0.25, 0.3) is 0 Å². The molecular formula is C15H19N5OS. The van der Waals surface area contributed by atoms with E-state index in [1.54, 1.807) is 0 Å². The molecule has 0 radical (unpaired) electrons. The molecule has 0 fully saturated rings. The number of benzene rings is 1. The van der Waals surface area contributed by atoms with Gasteiger partial charge in [0.25, 0.3) is 5.91 Å². The van der Waals surface area contributed by atoms with E-state index in [1.807, 2.05) is 39.0 Å². The molecule has 7 heteroatoms. The molecule has 116 valence electrons. The molecule has 1 aromatic carbocycles. The Morgan fingerprint density at radius 2 is 2.05 bits per heavy atom. The van der Waals surface area contributed by atoms with E-state index in [0.29, 0.717) is 23.0 Å². The van der Waals surface area contributed by atoms with E-state index in [0.717, 1.165) is 5.69 Å². The highest BCUT2D eigenvalue weighted by Gasteiger charge is 2.16. The first-order valence-corrected chi connectivity index (χ1v) is 7.34. The molecule has 0 aliphatic rings. The summed E-state index contributed by atoms with van der Waals surface area (Å²) in [6, 6.07) is 5.97. The quantitative estimate of drug-likeness (QED) is 0.754. The molecule has 4 N–H and O–H groups in total. The number of thiocarbonyl (C=S) groups is 1. The fraction of sp³-hybridized carbons (Fsp3) is 0.267. The van der Waals surface area contributed by atoms with Crippen LogP contribution in [0.3, 0.4) is 0 Å². The van der Waals surface area contributed by atoms with Crippen molar-refractivity contribution in [3.8, 4) is 0 Å². The molecule has 2 aromatic rings. The van der Waals surface area contributed by atoms with E-state index in [4.69, 9.17) is 18.0 Å². The normalized spacial score (nSPS) is 10.3. The maximum absolute atomic E-state index is 11.5. The van der Waals surface area contributed by atoms with Gasteiger partial charge in [-0.25, -0.2) is 0 Å². The summed E-state index contributed by atoms with van der Waals surface area (Å²) in [5, 5.41) is 10.5. The smallest absolute Gasteiger partial charge is 0.269 e. The lowest BCUT2D eigenvalue weighted by atomic mass is 10.1. The van der Waals surface area contributed by atoms with Crippen LogP contribution in [-0.2, 0) is 6.54 Å².